The maximum absolute atomic E-state index is 5.68. The highest BCUT2D eigenvalue weighted by Crippen LogP contribution is 2.20. The first-order valence-corrected chi connectivity index (χ1v) is 6.39. The normalized spacial score (nSPS) is 12.5. The maximum Gasteiger partial charge on any atom is 0.131 e. The van der Waals surface area contributed by atoms with E-state index in [0.717, 1.165) is 22.8 Å². The van der Waals surface area contributed by atoms with E-state index in [2.05, 4.69) is 30.1 Å². The van der Waals surface area contributed by atoms with Gasteiger partial charge in [0.2, 0.25) is 0 Å². The van der Waals surface area contributed by atoms with E-state index in [0.29, 0.717) is 6.04 Å². The molecule has 0 spiro atoms. The molecule has 0 saturated carbocycles. The molecule has 0 aliphatic carbocycles. The lowest BCUT2D eigenvalue weighted by Crippen LogP contribution is -2.32. The van der Waals surface area contributed by atoms with Crippen molar-refractivity contribution in [2.75, 3.05) is 29.7 Å². The molecule has 84 valence electrons. The number of hydrogen-bond acceptors (Lipinski definition) is 4. The number of thioether (sulfide) groups is 1. The molecule has 15 heavy (non-hydrogen) atoms. The Morgan fingerprint density at radius 3 is 2.80 bits per heavy atom. The third kappa shape index (κ3) is 3.02. The quantitative estimate of drug-likeness (QED) is 0.852. The van der Waals surface area contributed by atoms with Gasteiger partial charge in [0.15, 0.2) is 0 Å². The highest BCUT2D eigenvalue weighted by atomic mass is 32.2. The highest BCUT2D eigenvalue weighted by Gasteiger charge is 2.12. The minimum absolute atomic E-state index is 0.481. The van der Waals surface area contributed by atoms with E-state index in [-0.39, 0.29) is 0 Å². The number of pyridine rings is 1. The summed E-state index contributed by atoms with van der Waals surface area (Å²) in [6.45, 7) is 4.25. The summed E-state index contributed by atoms with van der Waals surface area (Å²) in [7, 11) is 2.08. The van der Waals surface area contributed by atoms with Gasteiger partial charge >= 0.3 is 0 Å². The Morgan fingerprint density at radius 1 is 1.60 bits per heavy atom. The van der Waals surface area contributed by atoms with Crippen molar-refractivity contribution in [1.82, 2.24) is 4.98 Å². The van der Waals surface area contributed by atoms with Crippen LogP contribution >= 0.6 is 11.8 Å². The number of rotatable bonds is 4. The summed E-state index contributed by atoms with van der Waals surface area (Å²) in [6.07, 6.45) is 3.83. The predicted molar refractivity (Wildman–Crippen MR) is 69.6 cm³/mol. The second-order valence-corrected chi connectivity index (χ2v) is 4.74. The van der Waals surface area contributed by atoms with E-state index in [4.69, 9.17) is 5.73 Å². The van der Waals surface area contributed by atoms with Crippen molar-refractivity contribution in [2.45, 2.75) is 19.9 Å². The summed E-state index contributed by atoms with van der Waals surface area (Å²) < 4.78 is 0. The van der Waals surface area contributed by atoms with Crippen LogP contribution in [0.25, 0.3) is 0 Å². The van der Waals surface area contributed by atoms with Gasteiger partial charge in [-0.1, -0.05) is 0 Å². The Bertz CT molecular complexity index is 328. The van der Waals surface area contributed by atoms with Crippen molar-refractivity contribution in [3.63, 3.8) is 0 Å². The van der Waals surface area contributed by atoms with Crippen LogP contribution in [0.1, 0.15) is 12.5 Å². The first-order chi connectivity index (χ1) is 7.06. The highest BCUT2D eigenvalue weighted by molar-refractivity contribution is 7.98. The molecule has 0 aliphatic rings. The van der Waals surface area contributed by atoms with Gasteiger partial charge < -0.3 is 10.6 Å². The molecule has 1 heterocycles. The summed E-state index contributed by atoms with van der Waals surface area (Å²) in [5.74, 6) is 2.12. The third-order valence-electron chi connectivity index (χ3n) is 2.47. The van der Waals surface area contributed by atoms with E-state index in [1.165, 1.54) is 0 Å². The van der Waals surface area contributed by atoms with E-state index < -0.39 is 0 Å². The smallest absolute Gasteiger partial charge is 0.131 e. The van der Waals surface area contributed by atoms with Crippen LogP contribution in [-0.4, -0.2) is 30.1 Å². The van der Waals surface area contributed by atoms with Crippen molar-refractivity contribution in [3.8, 4) is 0 Å². The van der Waals surface area contributed by atoms with Gasteiger partial charge in [-0.25, -0.2) is 4.98 Å². The van der Waals surface area contributed by atoms with Gasteiger partial charge in [-0.2, -0.15) is 11.8 Å². The number of nitrogens with zero attached hydrogens (tertiary/aromatic N) is 2. The molecule has 0 aromatic carbocycles. The predicted octanol–water partition coefficient (Wildman–Crippen LogP) is 2.16. The van der Waals surface area contributed by atoms with Crippen molar-refractivity contribution in [3.05, 3.63) is 17.8 Å². The lowest BCUT2D eigenvalue weighted by Gasteiger charge is -2.26. The van der Waals surface area contributed by atoms with Crippen LogP contribution in [0.15, 0.2) is 12.3 Å². The van der Waals surface area contributed by atoms with E-state index in [1.807, 2.05) is 24.8 Å². The lowest BCUT2D eigenvalue weighted by atomic mass is 10.2. The molecule has 1 rings (SSSR count). The number of aryl methyl sites for hydroxylation is 1. The van der Waals surface area contributed by atoms with Crippen molar-refractivity contribution < 1.29 is 0 Å². The van der Waals surface area contributed by atoms with Gasteiger partial charge in [0.25, 0.3) is 0 Å². The topological polar surface area (TPSA) is 42.2 Å². The summed E-state index contributed by atoms with van der Waals surface area (Å²) in [6, 6.07) is 2.44. The third-order valence-corrected chi connectivity index (χ3v) is 3.29. The number of aromatic nitrogens is 1. The SMILES string of the molecule is CSCC(C)N(C)c1ncc(N)cc1C. The van der Waals surface area contributed by atoms with Crippen LogP contribution in [-0.2, 0) is 0 Å². The van der Waals surface area contributed by atoms with Crippen LogP contribution in [0.2, 0.25) is 0 Å². The molecule has 1 aromatic rings. The van der Waals surface area contributed by atoms with Gasteiger partial charge in [0.1, 0.15) is 5.82 Å². The van der Waals surface area contributed by atoms with Gasteiger partial charge in [0.05, 0.1) is 11.9 Å². The van der Waals surface area contributed by atoms with Crippen LogP contribution < -0.4 is 10.6 Å². The summed E-state index contributed by atoms with van der Waals surface area (Å²) >= 11 is 1.85. The van der Waals surface area contributed by atoms with Gasteiger partial charge in [-0.05, 0) is 31.7 Å². The number of hydrogen-bond donors (Lipinski definition) is 1. The molecule has 1 atom stereocenters. The molecule has 1 unspecified atom stereocenters. The first kappa shape index (κ1) is 12.2. The van der Waals surface area contributed by atoms with Crippen molar-refractivity contribution >= 4 is 23.3 Å². The molecule has 0 amide bonds. The Morgan fingerprint density at radius 2 is 2.27 bits per heavy atom. The van der Waals surface area contributed by atoms with E-state index in [9.17, 15) is 0 Å². The standard InChI is InChI=1S/C11H19N3S/c1-8-5-10(12)6-13-11(8)14(3)9(2)7-15-4/h5-6,9H,7,12H2,1-4H3. The van der Waals surface area contributed by atoms with Gasteiger partial charge in [-0.3, -0.25) is 0 Å². The number of nitrogens with two attached hydrogens (primary N) is 1. The molecule has 4 heteroatoms. The van der Waals surface area contributed by atoms with Crippen LogP contribution in [0.4, 0.5) is 11.5 Å². The zero-order chi connectivity index (χ0) is 11.4. The fraction of sp³-hybridized carbons (Fsp3) is 0.545. The summed E-state index contributed by atoms with van der Waals surface area (Å²) in [5, 5.41) is 0. The molecule has 2 N–H and O–H groups in total. The van der Waals surface area contributed by atoms with Crippen LogP contribution in [0.5, 0.6) is 0 Å². The van der Waals surface area contributed by atoms with Gasteiger partial charge in [0, 0.05) is 18.8 Å². The fourth-order valence-corrected chi connectivity index (χ4v) is 2.23. The second kappa shape index (κ2) is 5.26. The average Bonchev–Trinajstić information content (AvgIpc) is 2.17. The summed E-state index contributed by atoms with van der Waals surface area (Å²) in [5.41, 5.74) is 7.53. The molecule has 0 radical (unpaired) electrons. The molecular weight excluding hydrogens is 206 g/mol. The molecule has 0 fully saturated rings. The van der Waals surface area contributed by atoms with E-state index >= 15 is 0 Å². The first-order valence-electron chi connectivity index (χ1n) is 5.00. The Labute approximate surface area is 96.1 Å². The molecule has 1 aromatic heterocycles. The average molecular weight is 225 g/mol. The monoisotopic (exact) mass is 225 g/mol. The Kier molecular flexibility index (Phi) is 4.27. The Hall–Kier alpha value is -0.900. The lowest BCUT2D eigenvalue weighted by molar-refractivity contribution is 0.750. The maximum atomic E-state index is 5.68. The van der Waals surface area contributed by atoms with Crippen molar-refractivity contribution in [1.29, 1.82) is 0 Å². The minimum atomic E-state index is 0.481. The largest absolute Gasteiger partial charge is 0.397 e. The Balaban J connectivity index is 2.86. The van der Waals surface area contributed by atoms with Gasteiger partial charge in [-0.15, -0.1) is 0 Å². The molecule has 0 saturated heterocycles. The van der Waals surface area contributed by atoms with E-state index in [1.54, 1.807) is 6.20 Å². The second-order valence-electron chi connectivity index (χ2n) is 3.82. The number of anilines is 2. The fourth-order valence-electron chi connectivity index (χ4n) is 1.52. The zero-order valence-electron chi connectivity index (χ0n) is 9.82. The van der Waals surface area contributed by atoms with Crippen LogP contribution in [0.3, 0.4) is 0 Å². The van der Waals surface area contributed by atoms with Crippen LogP contribution in [0, 0.1) is 6.92 Å². The summed E-state index contributed by atoms with van der Waals surface area (Å²) in [4.78, 5) is 6.57. The molecular formula is C11H19N3S. The minimum Gasteiger partial charge on any atom is -0.397 e. The van der Waals surface area contributed by atoms with Crippen molar-refractivity contribution in [2.24, 2.45) is 0 Å². The molecule has 0 bridgehead atoms. The number of nitrogen functional groups attached to an aromatic ring is 1. The molecule has 3 nitrogen and oxygen atoms in total. The molecule has 0 aliphatic heterocycles. The zero-order valence-corrected chi connectivity index (χ0v) is 10.6.